The van der Waals surface area contributed by atoms with Crippen LogP contribution in [0.5, 0.6) is 0 Å². The van der Waals surface area contributed by atoms with Crippen LogP contribution in [0.25, 0.3) is 4.96 Å². The molecule has 0 aromatic carbocycles. The highest BCUT2D eigenvalue weighted by Gasteiger charge is 2.11. The average molecular weight is 244 g/mol. The SMILES string of the molecule is Cc1cc(=O)nc2sc(CCN)c(Cl)n12. The van der Waals surface area contributed by atoms with E-state index in [1.54, 1.807) is 4.40 Å². The number of thiazole rings is 1. The van der Waals surface area contributed by atoms with Crippen LogP contribution in [0.15, 0.2) is 10.9 Å². The monoisotopic (exact) mass is 243 g/mol. The van der Waals surface area contributed by atoms with E-state index in [0.717, 1.165) is 10.6 Å². The molecule has 0 bridgehead atoms. The molecular formula is C9H10ClN3OS. The van der Waals surface area contributed by atoms with E-state index in [4.69, 9.17) is 17.3 Å². The van der Waals surface area contributed by atoms with Crippen molar-refractivity contribution in [2.45, 2.75) is 13.3 Å². The number of halogens is 1. The number of rotatable bonds is 2. The summed E-state index contributed by atoms with van der Waals surface area (Å²) in [4.78, 5) is 16.7. The first-order valence-electron chi connectivity index (χ1n) is 4.51. The minimum Gasteiger partial charge on any atom is -0.330 e. The van der Waals surface area contributed by atoms with Gasteiger partial charge in [0.05, 0.1) is 0 Å². The predicted octanol–water partition coefficient (Wildman–Crippen LogP) is 1.22. The van der Waals surface area contributed by atoms with Gasteiger partial charge in [0.15, 0.2) is 4.96 Å². The van der Waals surface area contributed by atoms with Crippen molar-refractivity contribution in [2.75, 3.05) is 6.54 Å². The maximum absolute atomic E-state index is 11.2. The van der Waals surface area contributed by atoms with E-state index in [-0.39, 0.29) is 5.56 Å². The molecule has 0 atom stereocenters. The lowest BCUT2D eigenvalue weighted by molar-refractivity contribution is 0.967. The highest BCUT2D eigenvalue weighted by molar-refractivity contribution is 7.17. The Labute approximate surface area is 95.3 Å². The fourth-order valence-electron chi connectivity index (χ4n) is 1.44. The molecule has 0 radical (unpaired) electrons. The van der Waals surface area contributed by atoms with Crippen LogP contribution in [-0.4, -0.2) is 15.9 Å². The molecular weight excluding hydrogens is 234 g/mol. The molecule has 4 nitrogen and oxygen atoms in total. The van der Waals surface area contributed by atoms with Crippen LogP contribution in [-0.2, 0) is 6.42 Å². The van der Waals surface area contributed by atoms with Crippen molar-refractivity contribution >= 4 is 27.9 Å². The van der Waals surface area contributed by atoms with Crippen LogP contribution >= 0.6 is 22.9 Å². The number of aromatic nitrogens is 2. The van der Waals surface area contributed by atoms with Crippen LogP contribution < -0.4 is 11.3 Å². The second kappa shape index (κ2) is 3.92. The van der Waals surface area contributed by atoms with Crippen molar-refractivity contribution in [3.05, 3.63) is 32.1 Å². The minimum absolute atomic E-state index is 0.232. The van der Waals surface area contributed by atoms with Gasteiger partial charge < -0.3 is 5.73 Å². The number of nitrogens with zero attached hydrogens (tertiary/aromatic N) is 2. The molecule has 0 aliphatic carbocycles. The van der Waals surface area contributed by atoms with Gasteiger partial charge in [-0.15, -0.1) is 0 Å². The van der Waals surface area contributed by atoms with E-state index in [1.807, 2.05) is 6.92 Å². The first-order valence-corrected chi connectivity index (χ1v) is 5.70. The van der Waals surface area contributed by atoms with Gasteiger partial charge in [-0.3, -0.25) is 9.20 Å². The highest BCUT2D eigenvalue weighted by atomic mass is 35.5. The zero-order valence-electron chi connectivity index (χ0n) is 8.16. The molecule has 2 N–H and O–H groups in total. The lowest BCUT2D eigenvalue weighted by atomic mass is 10.4. The quantitative estimate of drug-likeness (QED) is 0.863. The summed E-state index contributed by atoms with van der Waals surface area (Å²) < 4.78 is 1.78. The Morgan fingerprint density at radius 2 is 2.40 bits per heavy atom. The van der Waals surface area contributed by atoms with Crippen molar-refractivity contribution in [1.29, 1.82) is 0 Å². The topological polar surface area (TPSA) is 60.4 Å². The second-order valence-corrected chi connectivity index (χ2v) is 4.63. The number of aryl methyl sites for hydroxylation is 1. The summed E-state index contributed by atoms with van der Waals surface area (Å²) in [6.45, 7) is 2.37. The van der Waals surface area contributed by atoms with E-state index in [1.165, 1.54) is 17.4 Å². The van der Waals surface area contributed by atoms with Gasteiger partial charge >= 0.3 is 0 Å². The zero-order chi connectivity index (χ0) is 11.0. The average Bonchev–Trinajstić information content (AvgIpc) is 2.43. The Morgan fingerprint density at radius 3 is 3.07 bits per heavy atom. The Kier molecular flexibility index (Phi) is 2.77. The van der Waals surface area contributed by atoms with E-state index in [2.05, 4.69) is 4.98 Å². The summed E-state index contributed by atoms with van der Waals surface area (Å²) in [5.74, 6) is 0. The van der Waals surface area contributed by atoms with Gasteiger partial charge in [0.25, 0.3) is 5.56 Å². The molecule has 0 spiro atoms. The molecule has 6 heteroatoms. The van der Waals surface area contributed by atoms with E-state index in [0.29, 0.717) is 23.1 Å². The summed E-state index contributed by atoms with van der Waals surface area (Å²) in [6, 6.07) is 1.47. The number of hydrogen-bond acceptors (Lipinski definition) is 4. The Bertz CT molecular complexity index is 560. The molecule has 2 heterocycles. The van der Waals surface area contributed by atoms with E-state index in [9.17, 15) is 4.79 Å². The second-order valence-electron chi connectivity index (χ2n) is 3.21. The van der Waals surface area contributed by atoms with Gasteiger partial charge in [-0.05, 0) is 19.9 Å². The zero-order valence-corrected chi connectivity index (χ0v) is 9.73. The van der Waals surface area contributed by atoms with Crippen molar-refractivity contribution in [3.63, 3.8) is 0 Å². The van der Waals surface area contributed by atoms with Crippen molar-refractivity contribution < 1.29 is 0 Å². The molecule has 0 amide bonds. The first kappa shape index (κ1) is 10.6. The standard InChI is InChI=1S/C9H10ClN3OS/c1-5-4-7(14)12-9-13(5)8(10)6(15-9)2-3-11/h4H,2-3,11H2,1H3. The lowest BCUT2D eigenvalue weighted by Crippen LogP contribution is -2.08. The summed E-state index contributed by atoms with van der Waals surface area (Å²) in [7, 11) is 0. The Hall–Kier alpha value is -0.910. The number of hydrogen-bond donors (Lipinski definition) is 1. The van der Waals surface area contributed by atoms with Gasteiger partial charge in [0, 0.05) is 16.6 Å². The van der Waals surface area contributed by atoms with Gasteiger partial charge in [-0.1, -0.05) is 22.9 Å². The van der Waals surface area contributed by atoms with E-state index >= 15 is 0 Å². The third-order valence-corrected chi connectivity index (χ3v) is 3.70. The van der Waals surface area contributed by atoms with Gasteiger partial charge in [-0.2, -0.15) is 4.98 Å². The lowest BCUT2D eigenvalue weighted by Gasteiger charge is -1.99. The van der Waals surface area contributed by atoms with Crippen LogP contribution in [0.4, 0.5) is 0 Å². The Balaban J connectivity index is 2.76. The summed E-state index contributed by atoms with van der Waals surface area (Å²) in [5, 5.41) is 0.616. The third-order valence-electron chi connectivity index (χ3n) is 2.09. The molecule has 0 unspecified atom stereocenters. The summed E-state index contributed by atoms with van der Waals surface area (Å²) >= 11 is 7.59. The molecule has 0 aliphatic rings. The van der Waals surface area contributed by atoms with Crippen LogP contribution in [0.1, 0.15) is 10.6 Å². The van der Waals surface area contributed by atoms with Crippen molar-refractivity contribution in [2.24, 2.45) is 5.73 Å². The van der Waals surface area contributed by atoms with Crippen LogP contribution in [0.2, 0.25) is 5.15 Å². The number of fused-ring (bicyclic) bond motifs is 1. The van der Waals surface area contributed by atoms with E-state index < -0.39 is 0 Å². The molecule has 2 aromatic heterocycles. The van der Waals surface area contributed by atoms with Crippen molar-refractivity contribution in [1.82, 2.24) is 9.38 Å². The predicted molar refractivity (Wildman–Crippen MR) is 61.8 cm³/mol. The molecule has 0 aliphatic heterocycles. The first-order chi connectivity index (χ1) is 7.13. The minimum atomic E-state index is -0.232. The molecule has 0 fully saturated rings. The third kappa shape index (κ3) is 1.78. The molecule has 2 rings (SSSR count). The van der Waals surface area contributed by atoms with Crippen LogP contribution in [0.3, 0.4) is 0 Å². The molecule has 80 valence electrons. The normalized spacial score (nSPS) is 11.1. The van der Waals surface area contributed by atoms with Crippen molar-refractivity contribution in [3.8, 4) is 0 Å². The highest BCUT2D eigenvalue weighted by Crippen LogP contribution is 2.26. The Morgan fingerprint density at radius 1 is 1.67 bits per heavy atom. The molecule has 0 saturated heterocycles. The smallest absolute Gasteiger partial charge is 0.274 e. The summed E-state index contributed by atoms with van der Waals surface area (Å²) in [6.07, 6.45) is 0.709. The van der Waals surface area contributed by atoms with Gasteiger partial charge in [0.1, 0.15) is 5.15 Å². The summed E-state index contributed by atoms with van der Waals surface area (Å²) in [5.41, 5.74) is 6.04. The van der Waals surface area contributed by atoms with Crippen LogP contribution in [0, 0.1) is 6.92 Å². The largest absolute Gasteiger partial charge is 0.330 e. The fraction of sp³-hybridized carbons (Fsp3) is 0.333. The molecule has 15 heavy (non-hydrogen) atoms. The molecule has 0 saturated carbocycles. The fourth-order valence-corrected chi connectivity index (χ4v) is 2.99. The van der Waals surface area contributed by atoms with Gasteiger partial charge in [0.2, 0.25) is 0 Å². The maximum atomic E-state index is 11.2. The maximum Gasteiger partial charge on any atom is 0.274 e. The van der Waals surface area contributed by atoms with Gasteiger partial charge in [-0.25, -0.2) is 0 Å². The number of nitrogens with two attached hydrogens (primary N) is 1. The molecule has 2 aromatic rings.